The molecule has 0 saturated carbocycles. The van der Waals surface area contributed by atoms with E-state index < -0.39 is 51.9 Å². The minimum atomic E-state index is -1.19. The lowest BCUT2D eigenvalue weighted by atomic mass is 10.00. The van der Waals surface area contributed by atoms with Gasteiger partial charge < -0.3 is 24.4 Å². The van der Waals surface area contributed by atoms with Gasteiger partial charge in [-0.1, -0.05) is 12.5 Å². The van der Waals surface area contributed by atoms with Crippen LogP contribution in [0.25, 0.3) is 10.9 Å². The molecule has 3 fully saturated rings. The number of carbonyl (C=O) groups excluding carboxylic acids is 2. The van der Waals surface area contributed by atoms with Crippen LogP contribution in [0.1, 0.15) is 43.0 Å². The number of rotatable bonds is 11. The summed E-state index contributed by atoms with van der Waals surface area (Å²) in [6.07, 6.45) is 7.68. The second kappa shape index (κ2) is 16.7. The summed E-state index contributed by atoms with van der Waals surface area (Å²) < 4.78 is 77.0. The quantitative estimate of drug-likeness (QED) is 0.153. The van der Waals surface area contributed by atoms with Gasteiger partial charge in [-0.05, 0) is 76.1 Å². The van der Waals surface area contributed by atoms with Gasteiger partial charge in [-0.2, -0.15) is 0 Å². The number of hydrogen-bond acceptors (Lipinski definition) is 9. The summed E-state index contributed by atoms with van der Waals surface area (Å²) in [7, 11) is 1.49. The molecule has 11 nitrogen and oxygen atoms in total. The summed E-state index contributed by atoms with van der Waals surface area (Å²) in [5.41, 5.74) is 1.95. The van der Waals surface area contributed by atoms with Gasteiger partial charge in [0.2, 0.25) is 0 Å². The van der Waals surface area contributed by atoms with Gasteiger partial charge in [0, 0.05) is 48.1 Å². The molecule has 7 rings (SSSR count). The van der Waals surface area contributed by atoms with Gasteiger partial charge in [-0.25, -0.2) is 32.8 Å². The monoisotopic (exact) mass is 768 g/mol. The van der Waals surface area contributed by atoms with Crippen molar-refractivity contribution >= 4 is 40.3 Å². The molecule has 3 aromatic carbocycles. The average Bonchev–Trinajstić information content (AvgIpc) is 3.51. The van der Waals surface area contributed by atoms with Crippen LogP contribution < -0.4 is 25.0 Å². The van der Waals surface area contributed by atoms with E-state index in [9.17, 15) is 18.4 Å². The van der Waals surface area contributed by atoms with Gasteiger partial charge >= 0.3 is 6.03 Å². The first-order valence-electron chi connectivity index (χ1n) is 17.9. The van der Waals surface area contributed by atoms with Crippen molar-refractivity contribution in [3.63, 3.8) is 0 Å². The number of anilines is 1. The molecule has 3 saturated heterocycles. The van der Waals surface area contributed by atoms with Crippen LogP contribution in [0, 0.1) is 23.3 Å². The summed E-state index contributed by atoms with van der Waals surface area (Å²) in [4.78, 5) is 34.7. The van der Waals surface area contributed by atoms with E-state index in [-0.39, 0.29) is 17.2 Å². The van der Waals surface area contributed by atoms with Crippen molar-refractivity contribution in [2.24, 2.45) is 0 Å². The SMILES string of the molecule is COc1cc2c(Oc3c(F)cc(NC(=O)NN4C(=O)CSC4c4c(F)cccc4F)cc3F)ccnc2cc1OCCN1CCC(N2CCCCC2)CC1. The molecule has 3 aliphatic heterocycles. The number of fused-ring (bicyclic) bond motifs is 1. The topological polar surface area (TPSA) is 108 Å². The molecule has 0 spiro atoms. The number of halogens is 4. The summed E-state index contributed by atoms with van der Waals surface area (Å²) >= 11 is 0.907. The molecule has 0 bridgehead atoms. The maximum atomic E-state index is 15.4. The van der Waals surface area contributed by atoms with Gasteiger partial charge in [-0.15, -0.1) is 11.8 Å². The summed E-state index contributed by atoms with van der Waals surface area (Å²) in [6.45, 7) is 5.68. The van der Waals surface area contributed by atoms with E-state index in [0.717, 1.165) is 73.5 Å². The Morgan fingerprint density at radius 1 is 0.907 bits per heavy atom. The van der Waals surface area contributed by atoms with Crippen LogP contribution in [-0.4, -0.2) is 90.0 Å². The highest BCUT2D eigenvalue weighted by Gasteiger charge is 2.38. The van der Waals surface area contributed by atoms with E-state index in [1.807, 2.05) is 0 Å². The number of amides is 3. The van der Waals surface area contributed by atoms with E-state index in [4.69, 9.17) is 14.2 Å². The number of aromatic nitrogens is 1. The van der Waals surface area contributed by atoms with Crippen LogP contribution in [0.5, 0.6) is 23.0 Å². The Kier molecular flexibility index (Phi) is 11.6. The molecule has 16 heteroatoms. The largest absolute Gasteiger partial charge is 0.493 e. The molecule has 0 radical (unpaired) electrons. The second-order valence-electron chi connectivity index (χ2n) is 13.3. The Balaban J connectivity index is 0.983. The lowest BCUT2D eigenvalue weighted by Gasteiger charge is -2.40. The number of benzene rings is 3. The number of likely N-dealkylation sites (tertiary alicyclic amines) is 2. The molecule has 3 amide bonds. The molecule has 4 heterocycles. The molecule has 54 heavy (non-hydrogen) atoms. The predicted octanol–water partition coefficient (Wildman–Crippen LogP) is 7.23. The maximum absolute atomic E-state index is 15.4. The average molecular weight is 769 g/mol. The number of urea groups is 1. The highest BCUT2D eigenvalue weighted by Crippen LogP contribution is 2.41. The zero-order chi connectivity index (χ0) is 37.8. The number of ether oxygens (including phenoxy) is 3. The minimum Gasteiger partial charge on any atom is -0.493 e. The van der Waals surface area contributed by atoms with Crippen molar-refractivity contribution in [1.29, 1.82) is 0 Å². The van der Waals surface area contributed by atoms with Gasteiger partial charge in [0.05, 0.1) is 23.9 Å². The van der Waals surface area contributed by atoms with Gasteiger partial charge in [0.1, 0.15) is 29.4 Å². The van der Waals surface area contributed by atoms with Crippen LogP contribution in [-0.2, 0) is 4.79 Å². The third-order valence-corrected chi connectivity index (χ3v) is 11.1. The molecule has 286 valence electrons. The number of nitrogens with one attached hydrogen (secondary N) is 2. The van der Waals surface area contributed by atoms with E-state index >= 15 is 8.78 Å². The van der Waals surface area contributed by atoms with Gasteiger partial charge in [0.15, 0.2) is 28.9 Å². The molecular formula is C38H40F4N6O5S. The standard InChI is InChI=1S/C38H40F4N6O5S/c1-51-32-20-25-30(21-33(32)52-17-16-46-14-9-24(10-15-46)47-12-3-2-4-13-47)43-11-8-31(25)53-36-28(41)18-23(19-29(36)42)44-38(50)45-48-34(49)22-54-37(48)35-26(39)6-5-7-27(35)40/h5-8,11,18-21,24,37H,2-4,9-10,12-17,22H2,1H3,(H2,44,45,50). The smallest absolute Gasteiger partial charge is 0.338 e. The molecule has 1 aromatic heterocycles. The van der Waals surface area contributed by atoms with Crippen molar-refractivity contribution in [3.05, 3.63) is 83.6 Å². The third kappa shape index (κ3) is 8.30. The fraction of sp³-hybridized carbons (Fsp3) is 0.395. The number of methoxy groups -OCH3 is 1. The highest BCUT2D eigenvalue weighted by molar-refractivity contribution is 8.00. The lowest BCUT2D eigenvalue weighted by molar-refractivity contribution is -0.130. The molecule has 2 N–H and O–H groups in total. The Hall–Kier alpha value is -4.80. The minimum absolute atomic E-state index is 0.0918. The van der Waals surface area contributed by atoms with E-state index in [1.54, 1.807) is 12.1 Å². The fourth-order valence-corrected chi connectivity index (χ4v) is 8.33. The molecule has 4 aromatic rings. The first kappa shape index (κ1) is 37.5. The number of carbonyl (C=O) groups is 2. The van der Waals surface area contributed by atoms with E-state index in [2.05, 4.69) is 25.5 Å². The van der Waals surface area contributed by atoms with Crippen LogP contribution >= 0.6 is 11.8 Å². The lowest BCUT2D eigenvalue weighted by Crippen LogP contribution is -2.47. The van der Waals surface area contributed by atoms with Gasteiger partial charge in [0.25, 0.3) is 5.91 Å². The fourth-order valence-electron chi connectivity index (χ4n) is 7.18. The summed E-state index contributed by atoms with van der Waals surface area (Å²) in [5, 5.41) is 2.23. The second-order valence-corrected chi connectivity index (χ2v) is 14.4. The molecule has 1 unspecified atom stereocenters. The maximum Gasteiger partial charge on any atom is 0.338 e. The summed E-state index contributed by atoms with van der Waals surface area (Å²) in [5.74, 6) is -4.62. The number of hydrazine groups is 1. The van der Waals surface area contributed by atoms with Crippen molar-refractivity contribution in [2.75, 3.05) is 57.5 Å². The number of pyridine rings is 1. The zero-order valence-electron chi connectivity index (χ0n) is 29.6. The Labute approximate surface area is 313 Å². The summed E-state index contributed by atoms with van der Waals surface area (Å²) in [6, 6.07) is 9.28. The molecular weight excluding hydrogens is 729 g/mol. The third-order valence-electron chi connectivity index (χ3n) is 9.92. The van der Waals surface area contributed by atoms with Crippen LogP contribution in [0.3, 0.4) is 0 Å². The first-order valence-corrected chi connectivity index (χ1v) is 18.9. The molecule has 1 atom stereocenters. The van der Waals surface area contributed by atoms with Crippen molar-refractivity contribution < 1.29 is 41.4 Å². The number of hydrogen-bond donors (Lipinski definition) is 2. The van der Waals surface area contributed by atoms with Crippen molar-refractivity contribution in [1.82, 2.24) is 25.2 Å². The van der Waals surface area contributed by atoms with Crippen molar-refractivity contribution in [2.45, 2.75) is 43.5 Å². The van der Waals surface area contributed by atoms with Crippen molar-refractivity contribution in [3.8, 4) is 23.0 Å². The molecule has 0 aliphatic carbocycles. The Bertz CT molecular complexity index is 1970. The number of nitrogens with zero attached hydrogens (tertiary/aromatic N) is 4. The Morgan fingerprint density at radius 2 is 1.63 bits per heavy atom. The van der Waals surface area contributed by atoms with Crippen LogP contribution in [0.4, 0.5) is 28.0 Å². The van der Waals surface area contributed by atoms with Gasteiger partial charge in [-0.3, -0.25) is 14.7 Å². The highest BCUT2D eigenvalue weighted by atomic mass is 32.2. The van der Waals surface area contributed by atoms with E-state index in [1.165, 1.54) is 57.8 Å². The van der Waals surface area contributed by atoms with Crippen LogP contribution in [0.15, 0.2) is 54.7 Å². The number of piperidine rings is 2. The van der Waals surface area contributed by atoms with Crippen LogP contribution in [0.2, 0.25) is 0 Å². The zero-order valence-corrected chi connectivity index (χ0v) is 30.4. The number of thioether (sulfide) groups is 1. The predicted molar refractivity (Wildman–Crippen MR) is 196 cm³/mol. The Morgan fingerprint density at radius 3 is 2.33 bits per heavy atom. The molecule has 3 aliphatic rings. The normalized spacial score (nSPS) is 18.6. The van der Waals surface area contributed by atoms with E-state index in [0.29, 0.717) is 35.1 Å². The first-order chi connectivity index (χ1) is 26.2.